The Labute approximate surface area is 193 Å². The Bertz CT molecular complexity index is 1040. The molecular weight excluding hydrogens is 455 g/mol. The van der Waals surface area contributed by atoms with Gasteiger partial charge in [0.15, 0.2) is 0 Å². The molecular formula is C22H28ClFN4O3S. The summed E-state index contributed by atoms with van der Waals surface area (Å²) in [6.45, 7) is 4.37. The predicted molar refractivity (Wildman–Crippen MR) is 122 cm³/mol. The van der Waals surface area contributed by atoms with E-state index in [1.807, 2.05) is 13.8 Å². The smallest absolute Gasteiger partial charge is 0.242 e. The molecule has 32 heavy (non-hydrogen) atoms. The Morgan fingerprint density at radius 3 is 2.47 bits per heavy atom. The van der Waals surface area contributed by atoms with Gasteiger partial charge in [0.05, 0.1) is 11.1 Å². The van der Waals surface area contributed by atoms with Crippen molar-refractivity contribution in [2.75, 3.05) is 11.9 Å². The number of aromatic nitrogens is 1. The van der Waals surface area contributed by atoms with Crippen molar-refractivity contribution in [2.45, 2.75) is 56.5 Å². The Morgan fingerprint density at radius 1 is 1.22 bits per heavy atom. The molecule has 10 heteroatoms. The summed E-state index contributed by atoms with van der Waals surface area (Å²) in [5.74, 6) is -0.138. The highest BCUT2D eigenvalue weighted by atomic mass is 35.5. The maximum absolute atomic E-state index is 13.1. The van der Waals surface area contributed by atoms with Gasteiger partial charge in [0.1, 0.15) is 16.5 Å². The van der Waals surface area contributed by atoms with E-state index in [4.69, 9.17) is 11.6 Å². The molecule has 0 radical (unpaired) electrons. The summed E-state index contributed by atoms with van der Waals surface area (Å²) >= 11 is 6.12. The number of amides is 1. The molecule has 7 nitrogen and oxygen atoms in total. The van der Waals surface area contributed by atoms with E-state index in [9.17, 15) is 17.6 Å². The zero-order chi connectivity index (χ0) is 23.3. The van der Waals surface area contributed by atoms with Crippen LogP contribution in [0.15, 0.2) is 41.4 Å². The number of nitrogens with zero attached hydrogens (tertiary/aromatic N) is 1. The molecule has 1 aliphatic rings. The first-order valence-corrected chi connectivity index (χ1v) is 12.5. The van der Waals surface area contributed by atoms with Gasteiger partial charge < -0.3 is 10.6 Å². The molecule has 0 bridgehead atoms. The van der Waals surface area contributed by atoms with Crippen molar-refractivity contribution < 1.29 is 17.6 Å². The van der Waals surface area contributed by atoms with Gasteiger partial charge in [-0.15, -0.1) is 0 Å². The largest absolute Gasteiger partial charge is 0.369 e. The minimum absolute atomic E-state index is 0.0112. The first-order valence-electron chi connectivity index (χ1n) is 10.7. The lowest BCUT2D eigenvalue weighted by atomic mass is 9.85. The fourth-order valence-electron chi connectivity index (χ4n) is 3.79. The third-order valence-corrected chi connectivity index (χ3v) is 7.39. The topological polar surface area (TPSA) is 100 Å². The maximum atomic E-state index is 13.1. The molecule has 1 aromatic heterocycles. The van der Waals surface area contributed by atoms with Crippen LogP contribution in [-0.4, -0.2) is 31.9 Å². The number of rotatable bonds is 8. The average molecular weight is 483 g/mol. The molecule has 1 aromatic carbocycles. The molecule has 2 aromatic rings. The second-order valence-corrected chi connectivity index (χ2v) is 10.1. The molecule has 174 valence electrons. The quantitative estimate of drug-likeness (QED) is 0.527. The van der Waals surface area contributed by atoms with Crippen LogP contribution in [-0.2, 0) is 14.8 Å². The molecule has 1 fully saturated rings. The summed E-state index contributed by atoms with van der Waals surface area (Å²) in [4.78, 5) is 16.7. The second kappa shape index (κ2) is 10.6. The summed E-state index contributed by atoms with van der Waals surface area (Å²) in [5.41, 5.74) is 0.827. The van der Waals surface area contributed by atoms with E-state index in [1.54, 1.807) is 12.1 Å². The van der Waals surface area contributed by atoms with Crippen LogP contribution in [0.3, 0.4) is 0 Å². The van der Waals surface area contributed by atoms with E-state index in [-0.39, 0.29) is 39.6 Å². The molecule has 1 heterocycles. The van der Waals surface area contributed by atoms with Crippen LogP contribution in [0.1, 0.15) is 51.1 Å². The van der Waals surface area contributed by atoms with Gasteiger partial charge in [0.25, 0.3) is 0 Å². The van der Waals surface area contributed by atoms with Crippen LogP contribution in [0.25, 0.3) is 0 Å². The average Bonchev–Trinajstić information content (AvgIpc) is 2.76. The summed E-state index contributed by atoms with van der Waals surface area (Å²) in [5, 5.41) is 6.17. The number of benzene rings is 1. The monoisotopic (exact) mass is 482 g/mol. The standard InChI is InChI=1S/C22H28ClFN4O3S/c1-3-25-21-20(23)12-19(13-26-21)32(30,31)28-18-10-6-16(7-11-18)22(29)27-14(2)15-4-8-17(24)9-5-15/h4-5,8-9,12-14,16,18,28H,3,6-7,10-11H2,1-2H3,(H,25,26)(H,27,29)/t14-,16?,18?/m1/s1. The van der Waals surface area contributed by atoms with Crippen LogP contribution >= 0.6 is 11.6 Å². The van der Waals surface area contributed by atoms with E-state index in [2.05, 4.69) is 20.3 Å². The number of halogens is 2. The molecule has 1 atom stereocenters. The van der Waals surface area contributed by atoms with Gasteiger partial charge in [-0.05, 0) is 63.3 Å². The zero-order valence-electron chi connectivity index (χ0n) is 18.1. The van der Waals surface area contributed by atoms with Gasteiger partial charge in [-0.1, -0.05) is 23.7 Å². The zero-order valence-corrected chi connectivity index (χ0v) is 19.6. The third kappa shape index (κ3) is 6.17. The Morgan fingerprint density at radius 2 is 1.88 bits per heavy atom. The van der Waals surface area contributed by atoms with Crippen molar-refractivity contribution in [2.24, 2.45) is 5.92 Å². The van der Waals surface area contributed by atoms with Crippen LogP contribution in [0, 0.1) is 11.7 Å². The number of hydrogen-bond donors (Lipinski definition) is 3. The summed E-state index contributed by atoms with van der Waals surface area (Å²) in [7, 11) is -3.77. The van der Waals surface area contributed by atoms with Crippen molar-refractivity contribution in [1.29, 1.82) is 0 Å². The second-order valence-electron chi connectivity index (χ2n) is 7.98. The number of carbonyl (C=O) groups excluding carboxylic acids is 1. The Hall–Kier alpha value is -2.23. The molecule has 0 aliphatic heterocycles. The number of hydrogen-bond acceptors (Lipinski definition) is 5. The molecule has 3 N–H and O–H groups in total. The highest BCUT2D eigenvalue weighted by Crippen LogP contribution is 2.28. The van der Waals surface area contributed by atoms with Gasteiger partial charge in [-0.2, -0.15) is 0 Å². The van der Waals surface area contributed by atoms with Crippen LogP contribution in [0.2, 0.25) is 5.02 Å². The van der Waals surface area contributed by atoms with Crippen LogP contribution in [0.4, 0.5) is 10.2 Å². The highest BCUT2D eigenvalue weighted by molar-refractivity contribution is 7.89. The summed E-state index contributed by atoms with van der Waals surface area (Å²) < 4.78 is 41.2. The molecule has 3 rings (SSSR count). The Balaban J connectivity index is 1.53. The molecule has 0 spiro atoms. The van der Waals surface area contributed by atoms with Crippen LogP contribution < -0.4 is 15.4 Å². The summed E-state index contributed by atoms with van der Waals surface area (Å²) in [6.07, 6.45) is 3.54. The minimum atomic E-state index is -3.77. The van der Waals surface area contributed by atoms with E-state index in [0.717, 1.165) is 5.56 Å². The highest BCUT2D eigenvalue weighted by Gasteiger charge is 2.30. The maximum Gasteiger partial charge on any atom is 0.242 e. The number of sulfonamides is 1. The summed E-state index contributed by atoms with van der Waals surface area (Å²) in [6, 6.07) is 6.92. The van der Waals surface area contributed by atoms with Crippen molar-refractivity contribution in [3.63, 3.8) is 0 Å². The van der Waals surface area contributed by atoms with E-state index >= 15 is 0 Å². The number of pyridine rings is 1. The lowest BCUT2D eigenvalue weighted by molar-refractivity contribution is -0.126. The van der Waals surface area contributed by atoms with Crippen LogP contribution in [0.5, 0.6) is 0 Å². The van der Waals surface area contributed by atoms with Gasteiger partial charge in [-0.3, -0.25) is 4.79 Å². The number of anilines is 1. The van der Waals surface area contributed by atoms with Crippen molar-refractivity contribution in [1.82, 2.24) is 15.0 Å². The molecule has 1 amide bonds. The lowest BCUT2D eigenvalue weighted by Gasteiger charge is -2.29. The molecule has 1 saturated carbocycles. The SMILES string of the molecule is CCNc1ncc(S(=O)(=O)NC2CCC(C(=O)N[C@H](C)c3ccc(F)cc3)CC2)cc1Cl. The Kier molecular flexibility index (Phi) is 8.08. The molecule has 0 unspecified atom stereocenters. The normalized spacial score (nSPS) is 19.9. The first-order chi connectivity index (χ1) is 15.2. The lowest BCUT2D eigenvalue weighted by Crippen LogP contribution is -2.41. The van der Waals surface area contributed by atoms with Gasteiger partial charge in [-0.25, -0.2) is 22.5 Å². The fraction of sp³-hybridized carbons (Fsp3) is 0.455. The third-order valence-electron chi connectivity index (χ3n) is 5.62. The van der Waals surface area contributed by atoms with Crippen molar-refractivity contribution >= 4 is 33.3 Å². The molecule has 1 aliphatic carbocycles. The van der Waals surface area contributed by atoms with Gasteiger partial charge in [0, 0.05) is 24.7 Å². The first kappa shape index (κ1) is 24.4. The minimum Gasteiger partial charge on any atom is -0.369 e. The van der Waals surface area contributed by atoms with E-state index < -0.39 is 10.0 Å². The van der Waals surface area contributed by atoms with E-state index in [1.165, 1.54) is 24.4 Å². The van der Waals surface area contributed by atoms with Crippen molar-refractivity contribution in [3.05, 3.63) is 52.9 Å². The van der Waals surface area contributed by atoms with E-state index in [0.29, 0.717) is 38.0 Å². The van der Waals surface area contributed by atoms with Crippen molar-refractivity contribution in [3.8, 4) is 0 Å². The van der Waals surface area contributed by atoms with Gasteiger partial charge in [0.2, 0.25) is 15.9 Å². The number of carbonyl (C=O) groups is 1. The number of nitrogens with one attached hydrogen (secondary N) is 3. The molecule has 0 saturated heterocycles. The predicted octanol–water partition coefficient (Wildman–Crippen LogP) is 4.02. The van der Waals surface area contributed by atoms with Gasteiger partial charge >= 0.3 is 0 Å². The fourth-order valence-corrected chi connectivity index (χ4v) is 5.36.